The molecule has 2 aromatic carbocycles. The molecule has 5 heteroatoms. The van der Waals surface area contributed by atoms with Crippen molar-refractivity contribution in [3.63, 3.8) is 0 Å². The van der Waals surface area contributed by atoms with Crippen LogP contribution in [0.1, 0.15) is 23.1 Å². The summed E-state index contributed by atoms with van der Waals surface area (Å²) in [7, 11) is 0. The quantitative estimate of drug-likeness (QED) is 0.909. The summed E-state index contributed by atoms with van der Waals surface area (Å²) in [6.45, 7) is 4.81. The Morgan fingerprint density at radius 2 is 1.96 bits per heavy atom. The van der Waals surface area contributed by atoms with Crippen LogP contribution in [0.25, 0.3) is 0 Å². The minimum atomic E-state index is -0.338. The maximum atomic E-state index is 12.5. The van der Waals surface area contributed by atoms with E-state index >= 15 is 0 Å². The van der Waals surface area contributed by atoms with Crippen molar-refractivity contribution >= 4 is 29.1 Å². The Morgan fingerprint density at radius 1 is 1.20 bits per heavy atom. The maximum Gasteiger partial charge on any atom is 0.227 e. The van der Waals surface area contributed by atoms with Gasteiger partial charge < -0.3 is 10.2 Å². The molecule has 1 aliphatic heterocycles. The minimum Gasteiger partial charge on any atom is -0.352 e. The standard InChI is InChI=1S/C20H21ClN2O2/c1-13-6-5-9-18(14(13)2)23-12-16(10-19(23)24)20(25)22-11-15-7-3-4-8-17(15)21/h3-9,16H,10-12H2,1-2H3,(H,22,25)/t16-/m1/s1. The second kappa shape index (κ2) is 7.28. The van der Waals surface area contributed by atoms with E-state index in [4.69, 9.17) is 11.6 Å². The third-order valence-corrected chi connectivity index (χ3v) is 5.14. The molecule has 1 atom stereocenters. The zero-order valence-electron chi connectivity index (χ0n) is 14.4. The maximum absolute atomic E-state index is 12.5. The van der Waals surface area contributed by atoms with E-state index in [1.54, 1.807) is 11.0 Å². The SMILES string of the molecule is Cc1cccc(N2C[C@H](C(=O)NCc3ccccc3Cl)CC2=O)c1C. The molecule has 1 N–H and O–H groups in total. The molecular weight excluding hydrogens is 336 g/mol. The molecule has 3 rings (SSSR count). The molecule has 25 heavy (non-hydrogen) atoms. The van der Waals surface area contributed by atoms with Gasteiger partial charge in [0.2, 0.25) is 11.8 Å². The van der Waals surface area contributed by atoms with Gasteiger partial charge in [0, 0.05) is 30.2 Å². The molecule has 2 amide bonds. The third-order valence-electron chi connectivity index (χ3n) is 4.77. The van der Waals surface area contributed by atoms with Gasteiger partial charge in [-0.25, -0.2) is 0 Å². The Morgan fingerprint density at radius 3 is 2.72 bits per heavy atom. The molecule has 0 spiro atoms. The highest BCUT2D eigenvalue weighted by Crippen LogP contribution is 2.29. The average molecular weight is 357 g/mol. The predicted octanol–water partition coefficient (Wildman–Crippen LogP) is 3.63. The summed E-state index contributed by atoms with van der Waals surface area (Å²) in [5, 5.41) is 3.53. The predicted molar refractivity (Wildman–Crippen MR) is 99.7 cm³/mol. The Bertz CT molecular complexity index is 819. The zero-order valence-corrected chi connectivity index (χ0v) is 15.1. The van der Waals surface area contributed by atoms with Gasteiger partial charge in [0.25, 0.3) is 0 Å². The van der Waals surface area contributed by atoms with E-state index < -0.39 is 0 Å². The normalized spacial score (nSPS) is 17.0. The molecule has 2 aromatic rings. The first-order valence-electron chi connectivity index (χ1n) is 8.35. The Labute approximate surface area is 152 Å². The van der Waals surface area contributed by atoms with E-state index in [1.807, 2.05) is 50.2 Å². The first-order chi connectivity index (χ1) is 12.0. The fraction of sp³-hybridized carbons (Fsp3) is 0.300. The summed E-state index contributed by atoms with van der Waals surface area (Å²) in [5.41, 5.74) is 3.98. The fourth-order valence-corrected chi connectivity index (χ4v) is 3.32. The molecule has 0 aromatic heterocycles. The molecule has 4 nitrogen and oxygen atoms in total. The molecule has 0 saturated carbocycles. The summed E-state index contributed by atoms with van der Waals surface area (Å²) in [4.78, 5) is 26.6. The summed E-state index contributed by atoms with van der Waals surface area (Å²) < 4.78 is 0. The van der Waals surface area contributed by atoms with Crippen molar-refractivity contribution in [2.45, 2.75) is 26.8 Å². The van der Waals surface area contributed by atoms with Crippen molar-refractivity contribution in [3.05, 3.63) is 64.2 Å². The summed E-state index contributed by atoms with van der Waals surface area (Å²) >= 11 is 6.11. The largest absolute Gasteiger partial charge is 0.352 e. The van der Waals surface area contributed by atoms with Crippen molar-refractivity contribution in [2.75, 3.05) is 11.4 Å². The minimum absolute atomic E-state index is 0.00778. The lowest BCUT2D eigenvalue weighted by molar-refractivity contribution is -0.126. The van der Waals surface area contributed by atoms with E-state index in [0.29, 0.717) is 18.1 Å². The van der Waals surface area contributed by atoms with Crippen LogP contribution >= 0.6 is 11.6 Å². The number of hydrogen-bond acceptors (Lipinski definition) is 2. The number of carbonyl (C=O) groups excluding carboxylic acids is 2. The van der Waals surface area contributed by atoms with Gasteiger partial charge in [-0.2, -0.15) is 0 Å². The van der Waals surface area contributed by atoms with Crippen molar-refractivity contribution in [2.24, 2.45) is 5.92 Å². The lowest BCUT2D eigenvalue weighted by Gasteiger charge is -2.20. The number of rotatable bonds is 4. The number of benzene rings is 2. The highest BCUT2D eigenvalue weighted by atomic mass is 35.5. The van der Waals surface area contributed by atoms with E-state index in [2.05, 4.69) is 5.32 Å². The molecule has 130 valence electrons. The van der Waals surface area contributed by atoms with Crippen LogP contribution < -0.4 is 10.2 Å². The van der Waals surface area contributed by atoms with Crippen LogP contribution in [-0.4, -0.2) is 18.4 Å². The average Bonchev–Trinajstić information content (AvgIpc) is 2.98. The third kappa shape index (κ3) is 3.69. The van der Waals surface area contributed by atoms with Gasteiger partial charge in [-0.3, -0.25) is 9.59 Å². The number of anilines is 1. The molecule has 0 unspecified atom stereocenters. The topological polar surface area (TPSA) is 49.4 Å². The number of carbonyl (C=O) groups is 2. The van der Waals surface area contributed by atoms with Crippen LogP contribution in [0.15, 0.2) is 42.5 Å². The lowest BCUT2D eigenvalue weighted by Crippen LogP contribution is -2.32. The van der Waals surface area contributed by atoms with Gasteiger partial charge in [-0.05, 0) is 42.7 Å². The first-order valence-corrected chi connectivity index (χ1v) is 8.73. The van der Waals surface area contributed by atoms with Crippen LogP contribution in [-0.2, 0) is 16.1 Å². The zero-order chi connectivity index (χ0) is 18.0. The van der Waals surface area contributed by atoms with Gasteiger partial charge in [-0.1, -0.05) is 41.9 Å². The van der Waals surface area contributed by atoms with Gasteiger partial charge in [0.1, 0.15) is 0 Å². The summed E-state index contributed by atoms with van der Waals surface area (Å²) in [6.07, 6.45) is 0.238. The smallest absolute Gasteiger partial charge is 0.227 e. The highest BCUT2D eigenvalue weighted by Gasteiger charge is 2.35. The molecule has 0 radical (unpaired) electrons. The van der Waals surface area contributed by atoms with Crippen LogP contribution in [0.5, 0.6) is 0 Å². The van der Waals surface area contributed by atoms with Crippen molar-refractivity contribution in [3.8, 4) is 0 Å². The summed E-state index contributed by atoms with van der Waals surface area (Å²) in [5.74, 6) is -0.456. The van der Waals surface area contributed by atoms with E-state index in [-0.39, 0.29) is 24.2 Å². The van der Waals surface area contributed by atoms with Crippen LogP contribution in [0.3, 0.4) is 0 Å². The number of nitrogens with one attached hydrogen (secondary N) is 1. The Hall–Kier alpha value is -2.33. The molecule has 1 saturated heterocycles. The molecule has 1 aliphatic rings. The van der Waals surface area contributed by atoms with Crippen LogP contribution in [0, 0.1) is 19.8 Å². The second-order valence-corrected chi connectivity index (χ2v) is 6.84. The molecule has 0 bridgehead atoms. The van der Waals surface area contributed by atoms with Gasteiger partial charge >= 0.3 is 0 Å². The first kappa shape index (κ1) is 17.5. The van der Waals surface area contributed by atoms with E-state index in [9.17, 15) is 9.59 Å². The van der Waals surface area contributed by atoms with E-state index in [0.717, 1.165) is 22.4 Å². The van der Waals surface area contributed by atoms with Crippen LogP contribution in [0.2, 0.25) is 5.02 Å². The van der Waals surface area contributed by atoms with Crippen molar-refractivity contribution in [1.82, 2.24) is 5.32 Å². The molecule has 1 fully saturated rings. The second-order valence-electron chi connectivity index (χ2n) is 6.43. The Balaban J connectivity index is 1.67. The van der Waals surface area contributed by atoms with Gasteiger partial charge in [0.15, 0.2) is 0 Å². The number of hydrogen-bond donors (Lipinski definition) is 1. The fourth-order valence-electron chi connectivity index (χ4n) is 3.11. The van der Waals surface area contributed by atoms with Gasteiger partial charge in [0.05, 0.1) is 5.92 Å². The Kier molecular flexibility index (Phi) is 5.09. The van der Waals surface area contributed by atoms with E-state index in [1.165, 1.54) is 0 Å². The molecule has 0 aliphatic carbocycles. The highest BCUT2D eigenvalue weighted by molar-refractivity contribution is 6.31. The van der Waals surface area contributed by atoms with Gasteiger partial charge in [-0.15, -0.1) is 0 Å². The monoisotopic (exact) mass is 356 g/mol. The van der Waals surface area contributed by atoms with Crippen molar-refractivity contribution < 1.29 is 9.59 Å². The molecular formula is C20H21ClN2O2. The summed E-state index contributed by atoms with van der Waals surface area (Å²) in [6, 6.07) is 13.3. The number of aryl methyl sites for hydroxylation is 1. The molecule has 1 heterocycles. The number of halogens is 1. The lowest BCUT2D eigenvalue weighted by atomic mass is 10.1. The number of amides is 2. The number of nitrogens with zero attached hydrogens (tertiary/aromatic N) is 1. The van der Waals surface area contributed by atoms with Crippen LogP contribution in [0.4, 0.5) is 5.69 Å². The van der Waals surface area contributed by atoms with Crippen molar-refractivity contribution in [1.29, 1.82) is 0 Å².